The quantitative estimate of drug-likeness (QED) is 0.432. The molecule has 0 saturated carbocycles. The van der Waals surface area contributed by atoms with Crippen LogP contribution in [-0.2, 0) is 4.79 Å². The minimum Gasteiger partial charge on any atom is -0.358 e. The zero-order valence-corrected chi connectivity index (χ0v) is 17.6. The summed E-state index contributed by atoms with van der Waals surface area (Å²) in [6.45, 7) is 5.48. The standard InChI is InChI=1S/C20H20N4O3S2/c1-3-23(4-2)20(28)29-18-17(13-8-6-5-7-9-13)21-16-12-14(24(26)27)10-11-15(16)22-19(18)25/h5-12,18H,3-4H2,1-2H3,(H,22,25). The van der Waals surface area contributed by atoms with Crippen molar-refractivity contribution in [3.05, 3.63) is 64.2 Å². The van der Waals surface area contributed by atoms with Gasteiger partial charge < -0.3 is 10.2 Å². The number of fused-ring (bicyclic) bond motifs is 1. The van der Waals surface area contributed by atoms with Crippen LogP contribution in [0, 0.1) is 10.1 Å². The van der Waals surface area contributed by atoms with Crippen molar-refractivity contribution < 1.29 is 9.72 Å². The summed E-state index contributed by atoms with van der Waals surface area (Å²) in [4.78, 5) is 30.5. The lowest BCUT2D eigenvalue weighted by atomic mass is 10.1. The number of nitro benzene ring substituents is 1. The third kappa shape index (κ3) is 4.63. The molecule has 1 heterocycles. The van der Waals surface area contributed by atoms with Crippen molar-refractivity contribution in [3.8, 4) is 0 Å². The zero-order valence-electron chi connectivity index (χ0n) is 16.0. The summed E-state index contributed by atoms with van der Waals surface area (Å²) in [5.74, 6) is -0.264. The van der Waals surface area contributed by atoms with Crippen LogP contribution in [0.1, 0.15) is 19.4 Å². The van der Waals surface area contributed by atoms with Crippen molar-refractivity contribution in [3.63, 3.8) is 0 Å². The van der Waals surface area contributed by atoms with Crippen molar-refractivity contribution in [1.29, 1.82) is 0 Å². The second kappa shape index (κ2) is 9.15. The van der Waals surface area contributed by atoms with E-state index < -0.39 is 10.2 Å². The fourth-order valence-electron chi connectivity index (χ4n) is 2.93. The summed E-state index contributed by atoms with van der Waals surface area (Å²) >= 11 is 6.82. The van der Waals surface area contributed by atoms with Gasteiger partial charge in [-0.1, -0.05) is 54.3 Å². The molecule has 1 amide bonds. The van der Waals surface area contributed by atoms with Crippen molar-refractivity contribution in [2.75, 3.05) is 18.4 Å². The number of benzene rings is 2. The fourth-order valence-corrected chi connectivity index (χ4v) is 4.56. The predicted molar refractivity (Wildman–Crippen MR) is 121 cm³/mol. The van der Waals surface area contributed by atoms with E-state index in [1.807, 2.05) is 49.1 Å². The van der Waals surface area contributed by atoms with Crippen LogP contribution in [0.5, 0.6) is 0 Å². The van der Waals surface area contributed by atoms with Crippen molar-refractivity contribution in [2.24, 2.45) is 4.99 Å². The molecule has 0 aromatic heterocycles. The molecular formula is C20H20N4O3S2. The number of nitrogens with one attached hydrogen (secondary N) is 1. The van der Waals surface area contributed by atoms with E-state index in [4.69, 9.17) is 12.2 Å². The third-order valence-corrected chi connectivity index (χ3v) is 6.17. The Morgan fingerprint density at radius 1 is 1.24 bits per heavy atom. The smallest absolute Gasteiger partial charge is 0.271 e. The lowest BCUT2D eigenvalue weighted by molar-refractivity contribution is -0.384. The molecule has 1 atom stereocenters. The molecular weight excluding hydrogens is 408 g/mol. The number of hydrogen-bond acceptors (Lipinski definition) is 6. The molecule has 9 heteroatoms. The van der Waals surface area contributed by atoms with Gasteiger partial charge in [0.25, 0.3) is 5.69 Å². The monoisotopic (exact) mass is 428 g/mol. The number of nitro groups is 1. The van der Waals surface area contributed by atoms with E-state index in [1.165, 1.54) is 30.0 Å². The molecule has 2 aromatic carbocycles. The first-order valence-corrected chi connectivity index (χ1v) is 10.4. The molecule has 1 aliphatic heterocycles. The molecule has 0 spiro atoms. The number of thioether (sulfide) groups is 1. The minimum atomic E-state index is -0.683. The van der Waals surface area contributed by atoms with Crippen LogP contribution in [-0.4, -0.2) is 44.1 Å². The average molecular weight is 429 g/mol. The maximum Gasteiger partial charge on any atom is 0.271 e. The molecule has 0 radical (unpaired) electrons. The molecule has 0 bridgehead atoms. The Morgan fingerprint density at radius 3 is 2.55 bits per heavy atom. The summed E-state index contributed by atoms with van der Waals surface area (Å²) in [7, 11) is 0. The first kappa shape index (κ1) is 20.9. The molecule has 1 unspecified atom stereocenters. The van der Waals surface area contributed by atoms with Crippen LogP contribution >= 0.6 is 24.0 Å². The Kier molecular flexibility index (Phi) is 6.60. The van der Waals surface area contributed by atoms with Crippen molar-refractivity contribution >= 4 is 57.0 Å². The van der Waals surface area contributed by atoms with Gasteiger partial charge in [0.15, 0.2) is 0 Å². The third-order valence-electron chi connectivity index (χ3n) is 4.49. The van der Waals surface area contributed by atoms with Gasteiger partial charge in [-0.15, -0.1) is 0 Å². The molecule has 7 nitrogen and oxygen atoms in total. The van der Waals surface area contributed by atoms with Crippen LogP contribution in [0.3, 0.4) is 0 Å². The van der Waals surface area contributed by atoms with Gasteiger partial charge in [0, 0.05) is 25.2 Å². The highest BCUT2D eigenvalue weighted by Crippen LogP contribution is 2.35. The van der Waals surface area contributed by atoms with E-state index >= 15 is 0 Å². The van der Waals surface area contributed by atoms with Crippen LogP contribution in [0.15, 0.2) is 53.5 Å². The SMILES string of the molecule is CCN(CC)C(=S)SC1C(=O)Nc2ccc([N+](=O)[O-])cc2N=C1c1ccccc1. The summed E-state index contributed by atoms with van der Waals surface area (Å²) < 4.78 is 0.607. The lowest BCUT2D eigenvalue weighted by Gasteiger charge is -2.24. The maximum absolute atomic E-state index is 13.1. The van der Waals surface area contributed by atoms with Gasteiger partial charge in [-0.3, -0.25) is 14.9 Å². The second-order valence-electron chi connectivity index (χ2n) is 6.25. The number of anilines is 1. The molecule has 0 aliphatic carbocycles. The van der Waals surface area contributed by atoms with Gasteiger partial charge in [0.1, 0.15) is 9.57 Å². The van der Waals surface area contributed by atoms with Crippen LogP contribution < -0.4 is 5.32 Å². The number of hydrogen-bond donors (Lipinski definition) is 1. The van der Waals surface area contributed by atoms with Gasteiger partial charge in [0.2, 0.25) is 5.91 Å². The Balaban J connectivity index is 2.10. The molecule has 0 saturated heterocycles. The van der Waals surface area contributed by atoms with E-state index in [0.717, 1.165) is 18.7 Å². The highest BCUT2D eigenvalue weighted by atomic mass is 32.2. The molecule has 150 valence electrons. The topological polar surface area (TPSA) is 87.8 Å². The van der Waals surface area contributed by atoms with Gasteiger partial charge >= 0.3 is 0 Å². The summed E-state index contributed by atoms with van der Waals surface area (Å²) in [6, 6.07) is 13.6. The Morgan fingerprint density at radius 2 is 1.93 bits per heavy atom. The fraction of sp³-hybridized carbons (Fsp3) is 0.250. The number of amides is 1. The maximum atomic E-state index is 13.1. The molecule has 3 rings (SSSR count). The highest BCUT2D eigenvalue weighted by molar-refractivity contribution is 8.24. The summed E-state index contributed by atoms with van der Waals surface area (Å²) in [5, 5.41) is 13.3. The number of non-ortho nitro benzene ring substituents is 1. The van der Waals surface area contributed by atoms with Crippen molar-refractivity contribution in [1.82, 2.24) is 4.90 Å². The summed E-state index contributed by atoms with van der Waals surface area (Å²) in [6.07, 6.45) is 0. The van der Waals surface area contributed by atoms with Gasteiger partial charge in [-0.25, -0.2) is 4.99 Å². The Labute approximate surface area is 178 Å². The summed E-state index contributed by atoms with van der Waals surface area (Å²) in [5.41, 5.74) is 1.98. The molecule has 2 aromatic rings. The van der Waals surface area contributed by atoms with E-state index in [1.54, 1.807) is 0 Å². The first-order chi connectivity index (χ1) is 13.9. The normalized spacial score (nSPS) is 15.6. The lowest BCUT2D eigenvalue weighted by Crippen LogP contribution is -2.36. The number of carbonyl (C=O) groups is 1. The largest absolute Gasteiger partial charge is 0.358 e. The Hall–Kier alpha value is -2.78. The number of thiocarbonyl (C=S) groups is 1. The van der Waals surface area contributed by atoms with Gasteiger partial charge in [0.05, 0.1) is 22.0 Å². The van der Waals surface area contributed by atoms with Crippen LogP contribution in [0.4, 0.5) is 17.1 Å². The molecule has 0 fully saturated rings. The molecule has 1 N–H and O–H groups in total. The second-order valence-corrected chi connectivity index (χ2v) is 7.99. The number of carbonyl (C=O) groups excluding carboxylic acids is 1. The zero-order chi connectivity index (χ0) is 21.0. The first-order valence-electron chi connectivity index (χ1n) is 9.13. The number of nitrogens with zero attached hydrogens (tertiary/aromatic N) is 3. The average Bonchev–Trinajstić information content (AvgIpc) is 2.85. The van der Waals surface area contributed by atoms with E-state index in [9.17, 15) is 14.9 Å². The van der Waals surface area contributed by atoms with E-state index in [0.29, 0.717) is 21.4 Å². The van der Waals surface area contributed by atoms with E-state index in [2.05, 4.69) is 10.3 Å². The predicted octanol–water partition coefficient (Wildman–Crippen LogP) is 4.40. The van der Waals surface area contributed by atoms with Gasteiger partial charge in [-0.05, 0) is 25.5 Å². The van der Waals surface area contributed by atoms with Gasteiger partial charge in [-0.2, -0.15) is 0 Å². The minimum absolute atomic E-state index is 0.0843. The number of rotatable bonds is 5. The van der Waals surface area contributed by atoms with E-state index in [-0.39, 0.29) is 11.6 Å². The number of aliphatic imine (C=N–C) groups is 1. The van der Waals surface area contributed by atoms with Crippen molar-refractivity contribution in [2.45, 2.75) is 19.1 Å². The molecule has 1 aliphatic rings. The van der Waals surface area contributed by atoms with Crippen LogP contribution in [0.2, 0.25) is 0 Å². The Bertz CT molecular complexity index is 975. The molecule has 29 heavy (non-hydrogen) atoms. The van der Waals surface area contributed by atoms with Crippen LogP contribution in [0.25, 0.3) is 0 Å². The highest BCUT2D eigenvalue weighted by Gasteiger charge is 2.32.